The van der Waals surface area contributed by atoms with Crippen LogP contribution in [-0.4, -0.2) is 16.0 Å². The van der Waals surface area contributed by atoms with E-state index < -0.39 is 10.8 Å². The van der Waals surface area contributed by atoms with Crippen LogP contribution in [-0.2, 0) is 0 Å². The fourth-order valence-electron chi connectivity index (χ4n) is 1.46. The molecule has 0 atom stereocenters. The number of nitrogens with one attached hydrogen (secondary N) is 1. The van der Waals surface area contributed by atoms with Gasteiger partial charge in [0.2, 0.25) is 5.88 Å². The number of rotatable bonds is 3. The fraction of sp³-hybridized carbons (Fsp3) is 0.0909. The molecule has 2 aromatic rings. The quantitative estimate of drug-likeness (QED) is 0.493. The van der Waals surface area contributed by atoms with Crippen molar-refractivity contribution in [3.63, 3.8) is 0 Å². The lowest BCUT2D eigenvalue weighted by Crippen LogP contribution is -2.14. The lowest BCUT2D eigenvalue weighted by atomic mass is 10.1. The van der Waals surface area contributed by atoms with E-state index in [9.17, 15) is 14.9 Å². The summed E-state index contributed by atoms with van der Waals surface area (Å²) < 4.78 is 4.82. The van der Waals surface area contributed by atoms with Crippen molar-refractivity contribution >= 4 is 23.2 Å². The van der Waals surface area contributed by atoms with Gasteiger partial charge in [0.25, 0.3) is 11.6 Å². The molecule has 0 fully saturated rings. The molecule has 1 heterocycles. The predicted octanol–water partition coefficient (Wildman–Crippen LogP) is 1.73. The Balaban J connectivity index is 2.27. The third-order valence-corrected chi connectivity index (χ3v) is 2.36. The standard InChI is InChI=1S/C11H10N4O4/c1-6-4-10(19-14-6)13-11(16)8-5-7(15(17)18)2-3-9(8)12/h2-5H,12H2,1H3,(H,13,16). The van der Waals surface area contributed by atoms with E-state index >= 15 is 0 Å². The molecule has 19 heavy (non-hydrogen) atoms. The normalized spacial score (nSPS) is 10.2. The molecule has 0 radical (unpaired) electrons. The molecule has 0 unspecified atom stereocenters. The van der Waals surface area contributed by atoms with Gasteiger partial charge in [-0.2, -0.15) is 0 Å². The van der Waals surface area contributed by atoms with Gasteiger partial charge in [-0.3, -0.25) is 20.2 Å². The summed E-state index contributed by atoms with van der Waals surface area (Å²) >= 11 is 0. The molecule has 0 saturated carbocycles. The van der Waals surface area contributed by atoms with Crippen molar-refractivity contribution in [1.29, 1.82) is 0 Å². The Bertz CT molecular complexity index is 650. The molecule has 1 aromatic carbocycles. The van der Waals surface area contributed by atoms with E-state index in [4.69, 9.17) is 10.3 Å². The zero-order valence-electron chi connectivity index (χ0n) is 9.91. The molecule has 0 aliphatic heterocycles. The number of non-ortho nitro benzene ring substituents is 1. The van der Waals surface area contributed by atoms with E-state index in [2.05, 4.69) is 10.5 Å². The number of nitrogens with zero attached hydrogens (tertiary/aromatic N) is 2. The second-order valence-electron chi connectivity index (χ2n) is 3.82. The highest BCUT2D eigenvalue weighted by atomic mass is 16.6. The van der Waals surface area contributed by atoms with Crippen molar-refractivity contribution in [1.82, 2.24) is 5.16 Å². The number of benzene rings is 1. The summed E-state index contributed by atoms with van der Waals surface area (Å²) in [6, 6.07) is 5.16. The first-order chi connectivity index (χ1) is 8.97. The van der Waals surface area contributed by atoms with Crippen molar-refractivity contribution in [2.24, 2.45) is 0 Å². The van der Waals surface area contributed by atoms with Gasteiger partial charge in [0.05, 0.1) is 16.2 Å². The van der Waals surface area contributed by atoms with E-state index in [1.54, 1.807) is 6.92 Å². The molecule has 8 heteroatoms. The number of carbonyl (C=O) groups is 1. The molecule has 0 aliphatic carbocycles. The highest BCUT2D eigenvalue weighted by Gasteiger charge is 2.16. The number of carbonyl (C=O) groups excluding carboxylic acids is 1. The average molecular weight is 262 g/mol. The van der Waals surface area contributed by atoms with Gasteiger partial charge in [-0.1, -0.05) is 5.16 Å². The second-order valence-corrected chi connectivity index (χ2v) is 3.82. The predicted molar refractivity (Wildman–Crippen MR) is 66.7 cm³/mol. The average Bonchev–Trinajstić information content (AvgIpc) is 2.74. The van der Waals surface area contributed by atoms with E-state index in [0.29, 0.717) is 5.69 Å². The van der Waals surface area contributed by atoms with Crippen LogP contribution in [0.3, 0.4) is 0 Å². The van der Waals surface area contributed by atoms with Crippen molar-refractivity contribution in [2.75, 3.05) is 11.1 Å². The third kappa shape index (κ3) is 2.68. The highest BCUT2D eigenvalue weighted by molar-refractivity contribution is 6.07. The maximum atomic E-state index is 11.9. The van der Waals surface area contributed by atoms with Crippen LogP contribution in [0.4, 0.5) is 17.3 Å². The summed E-state index contributed by atoms with van der Waals surface area (Å²) in [4.78, 5) is 22.0. The summed E-state index contributed by atoms with van der Waals surface area (Å²) in [5, 5.41) is 16.7. The molecule has 0 aliphatic rings. The summed E-state index contributed by atoms with van der Waals surface area (Å²) in [7, 11) is 0. The van der Waals surface area contributed by atoms with Crippen molar-refractivity contribution in [3.05, 3.63) is 45.6 Å². The molecular weight excluding hydrogens is 252 g/mol. The minimum Gasteiger partial charge on any atom is -0.398 e. The first kappa shape index (κ1) is 12.6. The maximum Gasteiger partial charge on any atom is 0.270 e. The lowest BCUT2D eigenvalue weighted by Gasteiger charge is -2.04. The Labute approximate surface area is 107 Å². The molecule has 0 saturated heterocycles. The van der Waals surface area contributed by atoms with Gasteiger partial charge in [-0.15, -0.1) is 0 Å². The Kier molecular flexibility index (Phi) is 3.15. The van der Waals surface area contributed by atoms with Gasteiger partial charge >= 0.3 is 0 Å². The smallest absolute Gasteiger partial charge is 0.270 e. The Morgan fingerprint density at radius 3 is 2.79 bits per heavy atom. The minimum atomic E-state index is -0.602. The number of nitrogen functional groups attached to an aromatic ring is 1. The number of nitro benzene ring substituents is 1. The molecule has 1 amide bonds. The molecule has 8 nitrogen and oxygen atoms in total. The van der Waals surface area contributed by atoms with Gasteiger partial charge in [0.1, 0.15) is 0 Å². The molecule has 98 valence electrons. The summed E-state index contributed by atoms with van der Waals surface area (Å²) in [5.41, 5.74) is 6.15. The number of aryl methyl sites for hydroxylation is 1. The van der Waals surface area contributed by atoms with Crippen LogP contribution in [0.2, 0.25) is 0 Å². The summed E-state index contributed by atoms with van der Waals surface area (Å²) in [6.45, 7) is 1.70. The van der Waals surface area contributed by atoms with Gasteiger partial charge in [0, 0.05) is 23.9 Å². The van der Waals surface area contributed by atoms with Crippen LogP contribution in [0.15, 0.2) is 28.8 Å². The Morgan fingerprint density at radius 1 is 1.47 bits per heavy atom. The second kappa shape index (κ2) is 4.77. The first-order valence-corrected chi connectivity index (χ1v) is 5.26. The van der Waals surface area contributed by atoms with E-state index in [0.717, 1.165) is 6.07 Å². The monoisotopic (exact) mass is 262 g/mol. The fourth-order valence-corrected chi connectivity index (χ4v) is 1.46. The van der Waals surface area contributed by atoms with Crippen LogP contribution in [0.5, 0.6) is 0 Å². The number of anilines is 2. The Hall–Kier alpha value is -2.90. The van der Waals surface area contributed by atoms with Gasteiger partial charge < -0.3 is 10.3 Å². The number of hydrogen-bond donors (Lipinski definition) is 2. The van der Waals surface area contributed by atoms with Crippen molar-refractivity contribution in [2.45, 2.75) is 6.92 Å². The Morgan fingerprint density at radius 2 is 2.21 bits per heavy atom. The van der Waals surface area contributed by atoms with E-state index in [1.807, 2.05) is 0 Å². The summed E-state index contributed by atoms with van der Waals surface area (Å²) in [5.74, 6) is -0.453. The largest absolute Gasteiger partial charge is 0.398 e. The van der Waals surface area contributed by atoms with Crippen LogP contribution in [0.1, 0.15) is 16.1 Å². The molecule has 2 rings (SSSR count). The van der Waals surface area contributed by atoms with E-state index in [-0.39, 0.29) is 22.8 Å². The van der Waals surface area contributed by atoms with Crippen molar-refractivity contribution < 1.29 is 14.2 Å². The van der Waals surface area contributed by atoms with Crippen LogP contribution < -0.4 is 11.1 Å². The van der Waals surface area contributed by atoms with Gasteiger partial charge in [0.15, 0.2) is 0 Å². The van der Waals surface area contributed by atoms with E-state index in [1.165, 1.54) is 18.2 Å². The zero-order valence-corrected chi connectivity index (χ0v) is 9.91. The SMILES string of the molecule is Cc1cc(NC(=O)c2cc([N+](=O)[O-])ccc2N)on1. The molecule has 0 spiro atoms. The maximum absolute atomic E-state index is 11.9. The number of aromatic nitrogens is 1. The molecule has 0 bridgehead atoms. The number of nitro groups is 1. The number of amides is 1. The van der Waals surface area contributed by atoms with Crippen LogP contribution in [0, 0.1) is 17.0 Å². The van der Waals surface area contributed by atoms with Gasteiger partial charge in [-0.05, 0) is 13.0 Å². The lowest BCUT2D eigenvalue weighted by molar-refractivity contribution is -0.384. The molecular formula is C11H10N4O4. The number of nitrogens with two attached hydrogens (primary N) is 1. The number of hydrogen-bond acceptors (Lipinski definition) is 6. The van der Waals surface area contributed by atoms with Gasteiger partial charge in [-0.25, -0.2) is 0 Å². The van der Waals surface area contributed by atoms with Crippen LogP contribution in [0.25, 0.3) is 0 Å². The zero-order chi connectivity index (χ0) is 14.0. The summed E-state index contributed by atoms with van der Waals surface area (Å²) in [6.07, 6.45) is 0. The van der Waals surface area contributed by atoms with Crippen LogP contribution >= 0.6 is 0 Å². The van der Waals surface area contributed by atoms with Crippen molar-refractivity contribution in [3.8, 4) is 0 Å². The molecule has 1 aromatic heterocycles. The molecule has 3 N–H and O–H groups in total. The third-order valence-electron chi connectivity index (χ3n) is 2.36. The first-order valence-electron chi connectivity index (χ1n) is 5.26. The minimum absolute atomic E-state index is 0.00301. The highest BCUT2D eigenvalue weighted by Crippen LogP contribution is 2.21. The topological polar surface area (TPSA) is 124 Å².